The SMILES string of the molecule is COc1cccc(C(=O)NC2CCC(Br)CC2)c1OC. The molecule has 20 heavy (non-hydrogen) atoms. The number of hydrogen-bond donors (Lipinski definition) is 1. The Kier molecular flexibility index (Phi) is 5.29. The lowest BCUT2D eigenvalue weighted by atomic mass is 9.95. The fraction of sp³-hybridized carbons (Fsp3) is 0.533. The third-order valence-electron chi connectivity index (χ3n) is 3.64. The first-order valence-electron chi connectivity index (χ1n) is 6.81. The molecular weight excluding hydrogens is 322 g/mol. The summed E-state index contributed by atoms with van der Waals surface area (Å²) in [5, 5.41) is 3.09. The average molecular weight is 342 g/mol. The number of methoxy groups -OCH3 is 2. The van der Waals surface area contributed by atoms with E-state index >= 15 is 0 Å². The Hall–Kier alpha value is -1.23. The summed E-state index contributed by atoms with van der Waals surface area (Å²) in [4.78, 5) is 13.0. The maximum absolute atomic E-state index is 12.4. The van der Waals surface area contributed by atoms with Crippen LogP contribution >= 0.6 is 15.9 Å². The molecule has 0 aromatic heterocycles. The Balaban J connectivity index is 2.09. The quantitative estimate of drug-likeness (QED) is 0.856. The van der Waals surface area contributed by atoms with E-state index in [0.717, 1.165) is 25.7 Å². The van der Waals surface area contributed by atoms with Gasteiger partial charge in [-0.15, -0.1) is 0 Å². The van der Waals surface area contributed by atoms with Gasteiger partial charge in [-0.1, -0.05) is 22.0 Å². The number of hydrogen-bond acceptors (Lipinski definition) is 3. The molecule has 1 fully saturated rings. The maximum atomic E-state index is 12.4. The van der Waals surface area contributed by atoms with Gasteiger partial charge in [-0.05, 0) is 37.8 Å². The van der Waals surface area contributed by atoms with Gasteiger partial charge in [0, 0.05) is 10.9 Å². The lowest BCUT2D eigenvalue weighted by Gasteiger charge is -2.26. The summed E-state index contributed by atoms with van der Waals surface area (Å²) >= 11 is 3.62. The molecular formula is C15H20BrNO3. The molecule has 1 aromatic rings. The molecule has 1 N–H and O–H groups in total. The highest BCUT2D eigenvalue weighted by Gasteiger charge is 2.23. The molecule has 1 saturated carbocycles. The second kappa shape index (κ2) is 6.97. The first-order valence-corrected chi connectivity index (χ1v) is 7.73. The molecule has 5 heteroatoms. The van der Waals surface area contributed by atoms with E-state index in [9.17, 15) is 4.79 Å². The average Bonchev–Trinajstić information content (AvgIpc) is 2.48. The van der Waals surface area contributed by atoms with Crippen LogP contribution in [0.1, 0.15) is 36.0 Å². The molecule has 0 bridgehead atoms. The molecule has 0 unspecified atom stereocenters. The number of para-hydroxylation sites is 1. The Morgan fingerprint density at radius 2 is 1.90 bits per heavy atom. The van der Waals surface area contributed by atoms with Gasteiger partial charge in [-0.3, -0.25) is 4.79 Å². The highest BCUT2D eigenvalue weighted by Crippen LogP contribution is 2.31. The molecule has 1 aliphatic rings. The second-order valence-electron chi connectivity index (χ2n) is 4.96. The Bertz CT molecular complexity index is 470. The molecule has 0 atom stereocenters. The molecule has 1 aromatic carbocycles. The molecule has 0 saturated heterocycles. The van der Waals surface area contributed by atoms with Crippen LogP contribution in [0, 0.1) is 0 Å². The van der Waals surface area contributed by atoms with Gasteiger partial charge < -0.3 is 14.8 Å². The fourth-order valence-corrected chi connectivity index (χ4v) is 3.05. The van der Waals surface area contributed by atoms with Crippen molar-refractivity contribution < 1.29 is 14.3 Å². The number of carbonyl (C=O) groups is 1. The van der Waals surface area contributed by atoms with Gasteiger partial charge in [0.15, 0.2) is 11.5 Å². The molecule has 0 heterocycles. The number of rotatable bonds is 4. The zero-order valence-corrected chi connectivity index (χ0v) is 13.4. The number of carbonyl (C=O) groups excluding carboxylic acids is 1. The summed E-state index contributed by atoms with van der Waals surface area (Å²) in [6.45, 7) is 0. The van der Waals surface area contributed by atoms with Crippen LogP contribution in [-0.2, 0) is 0 Å². The number of halogens is 1. The van der Waals surface area contributed by atoms with Gasteiger partial charge in [0.1, 0.15) is 0 Å². The van der Waals surface area contributed by atoms with E-state index in [0.29, 0.717) is 21.9 Å². The van der Waals surface area contributed by atoms with E-state index in [-0.39, 0.29) is 11.9 Å². The van der Waals surface area contributed by atoms with Gasteiger partial charge in [0.05, 0.1) is 19.8 Å². The highest BCUT2D eigenvalue weighted by molar-refractivity contribution is 9.09. The van der Waals surface area contributed by atoms with Crippen LogP contribution in [0.15, 0.2) is 18.2 Å². The zero-order valence-electron chi connectivity index (χ0n) is 11.8. The summed E-state index contributed by atoms with van der Waals surface area (Å²) in [6, 6.07) is 5.58. The summed E-state index contributed by atoms with van der Waals surface area (Å²) in [7, 11) is 3.11. The van der Waals surface area contributed by atoms with Crippen LogP contribution in [0.25, 0.3) is 0 Å². The monoisotopic (exact) mass is 341 g/mol. The first-order chi connectivity index (χ1) is 9.65. The summed E-state index contributed by atoms with van der Waals surface area (Å²) in [5.74, 6) is 0.963. The van der Waals surface area contributed by atoms with Crippen molar-refractivity contribution >= 4 is 21.8 Å². The zero-order chi connectivity index (χ0) is 14.5. The standard InChI is InChI=1S/C15H20BrNO3/c1-19-13-5-3-4-12(14(13)20-2)15(18)17-11-8-6-10(16)7-9-11/h3-5,10-11H,6-9H2,1-2H3,(H,17,18). The minimum atomic E-state index is -0.0984. The minimum absolute atomic E-state index is 0.0984. The van der Waals surface area contributed by atoms with Crippen LogP contribution in [-0.4, -0.2) is 31.0 Å². The predicted molar refractivity (Wildman–Crippen MR) is 82.0 cm³/mol. The van der Waals surface area contributed by atoms with Gasteiger partial charge in [-0.25, -0.2) is 0 Å². The summed E-state index contributed by atoms with van der Waals surface area (Å²) < 4.78 is 10.5. The van der Waals surface area contributed by atoms with E-state index in [2.05, 4.69) is 21.2 Å². The number of alkyl halides is 1. The molecule has 1 amide bonds. The van der Waals surface area contributed by atoms with Crippen LogP contribution in [0.2, 0.25) is 0 Å². The predicted octanol–water partition coefficient (Wildman–Crippen LogP) is 3.14. The molecule has 4 nitrogen and oxygen atoms in total. The van der Waals surface area contributed by atoms with Crippen molar-refractivity contribution in [1.82, 2.24) is 5.32 Å². The third-order valence-corrected chi connectivity index (χ3v) is 4.56. The van der Waals surface area contributed by atoms with Crippen molar-refractivity contribution in [3.8, 4) is 11.5 Å². The van der Waals surface area contributed by atoms with Crippen LogP contribution in [0.5, 0.6) is 11.5 Å². The highest BCUT2D eigenvalue weighted by atomic mass is 79.9. The van der Waals surface area contributed by atoms with Gasteiger partial charge >= 0.3 is 0 Å². The Labute approximate surface area is 128 Å². The topological polar surface area (TPSA) is 47.6 Å². The largest absolute Gasteiger partial charge is 0.493 e. The van der Waals surface area contributed by atoms with E-state index in [1.165, 1.54) is 0 Å². The van der Waals surface area contributed by atoms with Crippen LogP contribution in [0.3, 0.4) is 0 Å². The summed E-state index contributed by atoms with van der Waals surface area (Å²) in [6.07, 6.45) is 4.21. The number of benzene rings is 1. The van der Waals surface area contributed by atoms with E-state index < -0.39 is 0 Å². The molecule has 0 aliphatic heterocycles. The van der Waals surface area contributed by atoms with E-state index in [1.807, 2.05) is 0 Å². The van der Waals surface area contributed by atoms with Crippen LogP contribution in [0.4, 0.5) is 0 Å². The Morgan fingerprint density at radius 1 is 1.20 bits per heavy atom. The van der Waals surface area contributed by atoms with Gasteiger partial charge in [0.25, 0.3) is 5.91 Å². The van der Waals surface area contributed by atoms with Crippen molar-refractivity contribution in [2.24, 2.45) is 0 Å². The lowest BCUT2D eigenvalue weighted by molar-refractivity contribution is 0.0924. The summed E-state index contributed by atoms with van der Waals surface area (Å²) in [5.41, 5.74) is 0.521. The number of amides is 1. The van der Waals surface area contributed by atoms with Crippen LogP contribution < -0.4 is 14.8 Å². The van der Waals surface area contributed by atoms with Crippen molar-refractivity contribution in [3.63, 3.8) is 0 Å². The van der Waals surface area contributed by atoms with E-state index in [4.69, 9.17) is 9.47 Å². The van der Waals surface area contributed by atoms with Gasteiger partial charge in [0.2, 0.25) is 0 Å². The van der Waals surface area contributed by atoms with Crippen molar-refractivity contribution in [1.29, 1.82) is 0 Å². The minimum Gasteiger partial charge on any atom is -0.493 e. The van der Waals surface area contributed by atoms with Crippen molar-refractivity contribution in [2.75, 3.05) is 14.2 Å². The van der Waals surface area contributed by atoms with Crippen molar-refractivity contribution in [2.45, 2.75) is 36.6 Å². The molecule has 0 radical (unpaired) electrons. The smallest absolute Gasteiger partial charge is 0.255 e. The number of ether oxygens (including phenoxy) is 2. The van der Waals surface area contributed by atoms with E-state index in [1.54, 1.807) is 32.4 Å². The van der Waals surface area contributed by atoms with Crippen molar-refractivity contribution in [3.05, 3.63) is 23.8 Å². The third kappa shape index (κ3) is 3.45. The first kappa shape index (κ1) is 15.2. The fourth-order valence-electron chi connectivity index (χ4n) is 2.53. The molecule has 110 valence electrons. The maximum Gasteiger partial charge on any atom is 0.255 e. The molecule has 2 rings (SSSR count). The van der Waals surface area contributed by atoms with Gasteiger partial charge in [-0.2, -0.15) is 0 Å². The number of nitrogens with one attached hydrogen (secondary N) is 1. The molecule has 0 spiro atoms. The normalized spacial score (nSPS) is 22.1. The Morgan fingerprint density at radius 3 is 2.50 bits per heavy atom. The second-order valence-corrected chi connectivity index (χ2v) is 6.26. The molecule has 1 aliphatic carbocycles. The lowest BCUT2D eigenvalue weighted by Crippen LogP contribution is -2.37.